The van der Waals surface area contributed by atoms with Gasteiger partial charge in [0.05, 0.1) is 0 Å². The van der Waals surface area contributed by atoms with Gasteiger partial charge >= 0.3 is 6.03 Å². The molecule has 0 saturated carbocycles. The molecule has 1 aliphatic heterocycles. The second-order valence-corrected chi connectivity index (χ2v) is 9.87. The predicted octanol–water partition coefficient (Wildman–Crippen LogP) is 5.08. The van der Waals surface area contributed by atoms with Crippen molar-refractivity contribution in [2.45, 2.75) is 20.3 Å². The zero-order valence-corrected chi connectivity index (χ0v) is 21.7. The van der Waals surface area contributed by atoms with Gasteiger partial charge in [-0.3, -0.25) is 0 Å². The fraction of sp³-hybridized carbons (Fsp3) is 0.357. The zero-order valence-electron chi connectivity index (χ0n) is 21.7. The van der Waals surface area contributed by atoms with E-state index in [4.69, 9.17) is 19.2 Å². The summed E-state index contributed by atoms with van der Waals surface area (Å²) in [5.74, 6) is 3.39. The number of rotatable bonds is 6. The highest BCUT2D eigenvalue weighted by molar-refractivity contribution is 5.98. The molecular formula is C28H32N6O3. The van der Waals surface area contributed by atoms with Crippen LogP contribution in [0.2, 0.25) is 0 Å². The van der Waals surface area contributed by atoms with E-state index in [-0.39, 0.29) is 6.03 Å². The molecule has 3 heterocycles. The Labute approximate surface area is 216 Å². The summed E-state index contributed by atoms with van der Waals surface area (Å²) in [6, 6.07) is 17.5. The van der Waals surface area contributed by atoms with Crippen molar-refractivity contribution in [2.75, 3.05) is 45.2 Å². The number of anilines is 1. The van der Waals surface area contributed by atoms with Gasteiger partial charge in [0.15, 0.2) is 0 Å². The average Bonchev–Trinajstić information content (AvgIpc) is 3.32. The van der Waals surface area contributed by atoms with Crippen molar-refractivity contribution in [2.24, 2.45) is 5.92 Å². The number of nitrogens with zero attached hydrogens (tertiary/aromatic N) is 6. The van der Waals surface area contributed by atoms with Gasteiger partial charge in [-0.15, -0.1) is 0 Å². The Kier molecular flexibility index (Phi) is 6.94. The minimum atomic E-state index is 0.0221. The molecule has 0 radical (unpaired) electrons. The number of fused-ring (bicyclic) bond motifs is 1. The number of ether oxygens (including phenoxy) is 1. The van der Waals surface area contributed by atoms with Crippen molar-refractivity contribution >= 4 is 22.9 Å². The molecule has 4 aromatic rings. The van der Waals surface area contributed by atoms with Crippen LogP contribution in [-0.2, 0) is 6.42 Å². The maximum absolute atomic E-state index is 12.5. The zero-order chi connectivity index (χ0) is 25.9. The van der Waals surface area contributed by atoms with Crippen LogP contribution < -0.4 is 9.64 Å². The van der Waals surface area contributed by atoms with Crippen LogP contribution in [0, 0.1) is 5.92 Å². The maximum Gasteiger partial charge on any atom is 0.319 e. The molecule has 1 saturated heterocycles. The lowest BCUT2D eigenvalue weighted by Crippen LogP contribution is -2.51. The van der Waals surface area contributed by atoms with E-state index in [1.54, 1.807) is 19.0 Å². The number of carbonyl (C=O) groups excluding carboxylic acids is 1. The Hall–Kier alpha value is -4.14. The Balaban J connectivity index is 1.51. The number of amides is 2. The summed E-state index contributed by atoms with van der Waals surface area (Å²) in [7, 11) is 3.56. The number of urea groups is 1. The highest BCUT2D eigenvalue weighted by Gasteiger charge is 2.28. The van der Waals surface area contributed by atoms with Crippen LogP contribution in [0.4, 0.5) is 10.6 Å². The highest BCUT2D eigenvalue weighted by Crippen LogP contribution is 2.36. The number of carbonyl (C=O) groups is 1. The fourth-order valence-corrected chi connectivity index (χ4v) is 4.49. The van der Waals surface area contributed by atoms with Crippen LogP contribution in [0.25, 0.3) is 22.4 Å². The predicted molar refractivity (Wildman–Crippen MR) is 143 cm³/mol. The molecule has 2 aromatic carbocycles. The first kappa shape index (κ1) is 24.5. The van der Waals surface area contributed by atoms with Crippen molar-refractivity contribution < 1.29 is 14.1 Å². The Morgan fingerprint density at radius 1 is 1.00 bits per heavy atom. The highest BCUT2D eigenvalue weighted by atomic mass is 16.5. The number of hydrogen-bond acceptors (Lipinski definition) is 7. The fourth-order valence-electron chi connectivity index (χ4n) is 4.49. The van der Waals surface area contributed by atoms with E-state index in [0.717, 1.165) is 34.8 Å². The van der Waals surface area contributed by atoms with E-state index in [2.05, 4.69) is 23.9 Å². The third-order valence-electron chi connectivity index (χ3n) is 6.27. The van der Waals surface area contributed by atoms with E-state index in [1.807, 2.05) is 59.5 Å². The molecule has 0 bridgehead atoms. The molecule has 5 rings (SSSR count). The average molecular weight is 501 g/mol. The molecule has 1 aliphatic rings. The number of para-hydroxylation sites is 1. The number of piperazine rings is 1. The van der Waals surface area contributed by atoms with Gasteiger partial charge in [-0.1, -0.05) is 49.3 Å². The van der Waals surface area contributed by atoms with Crippen LogP contribution in [0.5, 0.6) is 11.5 Å². The van der Waals surface area contributed by atoms with Crippen LogP contribution in [0.15, 0.2) is 59.1 Å². The SMILES string of the molecule is CC(C)Cc1nc(N2CCN(C(=O)N(C)C)CC2)c2c(-c3cccc(Oc4ccccc4)c3)noc2n1. The van der Waals surface area contributed by atoms with E-state index in [0.29, 0.717) is 49.3 Å². The molecule has 9 nitrogen and oxygen atoms in total. The van der Waals surface area contributed by atoms with Crippen molar-refractivity contribution in [3.8, 4) is 22.8 Å². The quantitative estimate of drug-likeness (QED) is 0.365. The van der Waals surface area contributed by atoms with Crippen LogP contribution in [0.1, 0.15) is 19.7 Å². The Morgan fingerprint density at radius 3 is 2.43 bits per heavy atom. The second kappa shape index (κ2) is 10.5. The minimum absolute atomic E-state index is 0.0221. The van der Waals surface area contributed by atoms with Crippen LogP contribution in [0.3, 0.4) is 0 Å². The molecule has 192 valence electrons. The molecular weight excluding hydrogens is 468 g/mol. The first-order chi connectivity index (χ1) is 17.9. The van der Waals surface area contributed by atoms with Gasteiger partial charge in [-0.05, 0) is 30.2 Å². The first-order valence-electron chi connectivity index (χ1n) is 12.6. The summed E-state index contributed by atoms with van der Waals surface area (Å²) in [5, 5.41) is 5.20. The van der Waals surface area contributed by atoms with Gasteiger partial charge in [0.25, 0.3) is 5.71 Å². The van der Waals surface area contributed by atoms with Crippen molar-refractivity contribution in [3.63, 3.8) is 0 Å². The van der Waals surface area contributed by atoms with Gasteiger partial charge in [0.2, 0.25) is 0 Å². The summed E-state index contributed by atoms with van der Waals surface area (Å²) in [6.45, 7) is 6.83. The molecule has 0 unspecified atom stereocenters. The van der Waals surface area contributed by atoms with Crippen molar-refractivity contribution in [1.29, 1.82) is 0 Å². The van der Waals surface area contributed by atoms with E-state index in [1.165, 1.54) is 0 Å². The van der Waals surface area contributed by atoms with E-state index in [9.17, 15) is 4.79 Å². The van der Waals surface area contributed by atoms with Crippen molar-refractivity contribution in [3.05, 3.63) is 60.4 Å². The molecule has 0 N–H and O–H groups in total. The third kappa shape index (κ3) is 5.35. The summed E-state index contributed by atoms with van der Waals surface area (Å²) in [6.07, 6.45) is 0.735. The molecule has 37 heavy (non-hydrogen) atoms. The lowest BCUT2D eigenvalue weighted by Gasteiger charge is -2.36. The second-order valence-electron chi connectivity index (χ2n) is 9.87. The molecule has 2 aromatic heterocycles. The topological polar surface area (TPSA) is 87.8 Å². The maximum atomic E-state index is 12.5. The Morgan fingerprint density at radius 2 is 1.73 bits per heavy atom. The van der Waals surface area contributed by atoms with Gasteiger partial charge in [-0.2, -0.15) is 4.98 Å². The van der Waals surface area contributed by atoms with E-state index >= 15 is 0 Å². The molecule has 1 fully saturated rings. The summed E-state index contributed by atoms with van der Waals surface area (Å²) >= 11 is 0. The monoisotopic (exact) mass is 500 g/mol. The van der Waals surface area contributed by atoms with Crippen LogP contribution >= 0.6 is 0 Å². The van der Waals surface area contributed by atoms with E-state index < -0.39 is 0 Å². The molecule has 0 spiro atoms. The number of hydrogen-bond donors (Lipinski definition) is 0. The number of aromatic nitrogens is 3. The lowest BCUT2D eigenvalue weighted by molar-refractivity contribution is 0.168. The molecule has 0 atom stereocenters. The van der Waals surface area contributed by atoms with Crippen molar-refractivity contribution in [1.82, 2.24) is 24.9 Å². The lowest BCUT2D eigenvalue weighted by atomic mass is 10.1. The summed E-state index contributed by atoms with van der Waals surface area (Å²) in [5.41, 5.74) is 2.00. The molecule has 0 aliphatic carbocycles. The van der Waals surface area contributed by atoms with Gasteiger partial charge < -0.3 is 24.0 Å². The largest absolute Gasteiger partial charge is 0.457 e. The standard InChI is InChI=1S/C28H32N6O3/c1-19(2)17-23-29-26(33-13-15-34(16-14-33)28(35)32(3)4)24-25(31-37-27(24)30-23)20-9-8-12-22(18-20)36-21-10-6-5-7-11-21/h5-12,18-19H,13-17H2,1-4H3. The third-order valence-corrected chi connectivity index (χ3v) is 6.27. The molecule has 9 heteroatoms. The van der Waals surface area contributed by atoms with Gasteiger partial charge in [-0.25, -0.2) is 9.78 Å². The van der Waals surface area contributed by atoms with Gasteiger partial charge in [0.1, 0.15) is 34.2 Å². The number of benzene rings is 2. The summed E-state index contributed by atoms with van der Waals surface area (Å²) in [4.78, 5) is 27.8. The Bertz CT molecular complexity index is 1380. The first-order valence-corrected chi connectivity index (χ1v) is 12.6. The summed E-state index contributed by atoms with van der Waals surface area (Å²) < 4.78 is 11.8. The normalized spacial score (nSPS) is 13.9. The van der Waals surface area contributed by atoms with Crippen LogP contribution in [-0.4, -0.2) is 71.2 Å². The minimum Gasteiger partial charge on any atom is -0.457 e. The van der Waals surface area contributed by atoms with Gasteiger partial charge in [0, 0.05) is 52.3 Å². The molecule has 2 amide bonds. The smallest absolute Gasteiger partial charge is 0.319 e.